The Bertz CT molecular complexity index is 213. The molecule has 0 heterocycles. The first-order valence-electron chi connectivity index (χ1n) is 10.1. The lowest BCUT2D eigenvalue weighted by atomic mass is 10.2. The van der Waals surface area contributed by atoms with Gasteiger partial charge < -0.3 is 38.9 Å². The van der Waals surface area contributed by atoms with E-state index in [1.165, 1.54) is 25.7 Å². The van der Waals surface area contributed by atoms with Gasteiger partial charge in [0.15, 0.2) is 0 Å². The molecule has 154 valence electrons. The molecular formula is C18H47N7. The Morgan fingerprint density at radius 3 is 1.40 bits per heavy atom. The second-order valence-corrected chi connectivity index (χ2v) is 6.72. The average molecular weight is 362 g/mol. The van der Waals surface area contributed by atoms with E-state index >= 15 is 0 Å². The van der Waals surface area contributed by atoms with Crippen molar-refractivity contribution in [3.63, 3.8) is 0 Å². The normalized spacial score (nSPS) is 13.2. The van der Waals surface area contributed by atoms with Crippen LogP contribution in [-0.4, -0.2) is 64.4 Å². The summed E-state index contributed by atoms with van der Waals surface area (Å²) in [6, 6.07) is 0.606. The summed E-state index contributed by atoms with van der Waals surface area (Å²) in [5.41, 5.74) is 21.7. The summed E-state index contributed by atoms with van der Waals surface area (Å²) in [5, 5.41) is 10.0. The maximum atomic E-state index is 5.49. The van der Waals surface area contributed by atoms with Crippen molar-refractivity contribution >= 4 is 0 Å². The summed E-state index contributed by atoms with van der Waals surface area (Å²) < 4.78 is 0. The molecule has 0 aromatic heterocycles. The standard InChI is InChI=1S/C12H30N4.C6H17N3/c13-7-1-3-9-15-11-5-6-12-16-10-4-2-8-14;1-5(8)4-9-6(2)3-7/h15-16H,1-14H2;5-6,9H,3-4,7-8H2,1-2H3. The zero-order valence-electron chi connectivity index (χ0n) is 16.9. The van der Waals surface area contributed by atoms with Gasteiger partial charge in [-0.05, 0) is 91.6 Å². The molecule has 0 saturated heterocycles. The Morgan fingerprint density at radius 2 is 1.08 bits per heavy atom. The van der Waals surface area contributed by atoms with E-state index in [1.54, 1.807) is 0 Å². The van der Waals surface area contributed by atoms with E-state index in [-0.39, 0.29) is 6.04 Å². The Labute approximate surface area is 156 Å². The zero-order chi connectivity index (χ0) is 19.2. The molecule has 0 spiro atoms. The van der Waals surface area contributed by atoms with Crippen molar-refractivity contribution in [3.05, 3.63) is 0 Å². The molecule has 7 heteroatoms. The molecule has 0 aliphatic rings. The van der Waals surface area contributed by atoms with Crippen molar-refractivity contribution in [2.75, 3.05) is 52.4 Å². The number of nitrogens with one attached hydrogen (secondary N) is 3. The first-order chi connectivity index (χ1) is 12.1. The van der Waals surface area contributed by atoms with Gasteiger partial charge in [0.05, 0.1) is 0 Å². The lowest BCUT2D eigenvalue weighted by Gasteiger charge is -2.12. The average Bonchev–Trinajstić information content (AvgIpc) is 2.61. The summed E-state index contributed by atoms with van der Waals surface area (Å²) in [6.45, 7) is 11.7. The number of unbranched alkanes of at least 4 members (excludes halogenated alkanes) is 3. The minimum atomic E-state index is 0.221. The molecule has 0 fully saturated rings. The molecule has 0 aromatic carbocycles. The van der Waals surface area contributed by atoms with E-state index in [0.717, 1.165) is 58.7 Å². The van der Waals surface area contributed by atoms with Crippen LogP contribution < -0.4 is 38.9 Å². The third kappa shape index (κ3) is 28.8. The van der Waals surface area contributed by atoms with Crippen LogP contribution in [0.15, 0.2) is 0 Å². The van der Waals surface area contributed by atoms with Gasteiger partial charge in [0, 0.05) is 25.2 Å². The van der Waals surface area contributed by atoms with Crippen molar-refractivity contribution in [2.45, 2.75) is 64.5 Å². The molecule has 0 aliphatic heterocycles. The van der Waals surface area contributed by atoms with Gasteiger partial charge >= 0.3 is 0 Å². The molecule has 2 atom stereocenters. The SMILES string of the molecule is CC(N)CNC(C)CN.NCCCCNCCCCNCCCCN. The van der Waals surface area contributed by atoms with Gasteiger partial charge in [0.25, 0.3) is 0 Å². The molecule has 0 rings (SSSR count). The molecule has 11 N–H and O–H groups in total. The van der Waals surface area contributed by atoms with Crippen LogP contribution >= 0.6 is 0 Å². The Kier molecular flexibility index (Phi) is 25.6. The minimum Gasteiger partial charge on any atom is -0.330 e. The van der Waals surface area contributed by atoms with Crippen LogP contribution in [0.5, 0.6) is 0 Å². The fraction of sp³-hybridized carbons (Fsp3) is 1.00. The lowest BCUT2D eigenvalue weighted by Crippen LogP contribution is -2.40. The Balaban J connectivity index is 0. The topological polar surface area (TPSA) is 140 Å². The maximum absolute atomic E-state index is 5.49. The van der Waals surface area contributed by atoms with E-state index in [0.29, 0.717) is 12.6 Å². The predicted molar refractivity (Wildman–Crippen MR) is 112 cm³/mol. The third-order valence-corrected chi connectivity index (χ3v) is 3.71. The maximum Gasteiger partial charge on any atom is 0.0162 e. The van der Waals surface area contributed by atoms with Crippen LogP contribution in [0.1, 0.15) is 52.4 Å². The summed E-state index contributed by atoms with van der Waals surface area (Å²) in [6.07, 6.45) is 7.19. The summed E-state index contributed by atoms with van der Waals surface area (Å²) in [7, 11) is 0. The van der Waals surface area contributed by atoms with Gasteiger partial charge in [-0.3, -0.25) is 0 Å². The van der Waals surface area contributed by atoms with Crippen LogP contribution in [0.3, 0.4) is 0 Å². The highest BCUT2D eigenvalue weighted by atomic mass is 14.9. The molecule has 7 nitrogen and oxygen atoms in total. The second kappa shape index (κ2) is 23.7. The molecule has 0 aromatic rings. The van der Waals surface area contributed by atoms with E-state index < -0.39 is 0 Å². The van der Waals surface area contributed by atoms with Gasteiger partial charge in [-0.15, -0.1) is 0 Å². The van der Waals surface area contributed by atoms with Crippen molar-refractivity contribution in [3.8, 4) is 0 Å². The van der Waals surface area contributed by atoms with Gasteiger partial charge in [0.2, 0.25) is 0 Å². The molecule has 0 saturated carbocycles. The molecule has 25 heavy (non-hydrogen) atoms. The highest BCUT2D eigenvalue weighted by Crippen LogP contribution is 1.88. The third-order valence-electron chi connectivity index (χ3n) is 3.71. The summed E-state index contributed by atoms with van der Waals surface area (Å²) in [5.74, 6) is 0. The van der Waals surface area contributed by atoms with Gasteiger partial charge in [-0.25, -0.2) is 0 Å². The van der Waals surface area contributed by atoms with Crippen LogP contribution in [0.4, 0.5) is 0 Å². The number of hydrogen-bond donors (Lipinski definition) is 7. The van der Waals surface area contributed by atoms with E-state index in [9.17, 15) is 0 Å². The van der Waals surface area contributed by atoms with Crippen LogP contribution in [0.25, 0.3) is 0 Å². The molecular weight excluding hydrogens is 314 g/mol. The Hall–Kier alpha value is -0.280. The highest BCUT2D eigenvalue weighted by Gasteiger charge is 1.97. The summed E-state index contributed by atoms with van der Waals surface area (Å²) >= 11 is 0. The fourth-order valence-corrected chi connectivity index (χ4v) is 2.01. The fourth-order valence-electron chi connectivity index (χ4n) is 2.01. The van der Waals surface area contributed by atoms with E-state index in [4.69, 9.17) is 22.9 Å². The first kappa shape index (κ1) is 26.9. The van der Waals surface area contributed by atoms with Crippen LogP contribution in [0, 0.1) is 0 Å². The molecule has 0 amide bonds. The van der Waals surface area contributed by atoms with Crippen molar-refractivity contribution in [1.82, 2.24) is 16.0 Å². The van der Waals surface area contributed by atoms with Crippen molar-refractivity contribution < 1.29 is 0 Å². The van der Waals surface area contributed by atoms with Gasteiger partial charge in [0.1, 0.15) is 0 Å². The highest BCUT2D eigenvalue weighted by molar-refractivity contribution is 4.64. The molecule has 0 bridgehead atoms. The second-order valence-electron chi connectivity index (χ2n) is 6.72. The molecule has 2 unspecified atom stereocenters. The van der Waals surface area contributed by atoms with Crippen LogP contribution in [-0.2, 0) is 0 Å². The largest absolute Gasteiger partial charge is 0.330 e. The number of rotatable bonds is 17. The molecule has 0 radical (unpaired) electrons. The van der Waals surface area contributed by atoms with E-state index in [2.05, 4.69) is 16.0 Å². The smallest absolute Gasteiger partial charge is 0.0162 e. The first-order valence-corrected chi connectivity index (χ1v) is 10.1. The van der Waals surface area contributed by atoms with E-state index in [1.807, 2.05) is 13.8 Å². The summed E-state index contributed by atoms with van der Waals surface area (Å²) in [4.78, 5) is 0. The number of hydrogen-bond acceptors (Lipinski definition) is 7. The predicted octanol–water partition coefficient (Wildman–Crippen LogP) is -0.306. The van der Waals surface area contributed by atoms with Crippen molar-refractivity contribution in [1.29, 1.82) is 0 Å². The monoisotopic (exact) mass is 361 g/mol. The Morgan fingerprint density at radius 1 is 0.680 bits per heavy atom. The minimum absolute atomic E-state index is 0.221. The number of nitrogens with two attached hydrogens (primary N) is 4. The molecule has 0 aliphatic carbocycles. The quantitative estimate of drug-likeness (QED) is 0.176. The van der Waals surface area contributed by atoms with Crippen LogP contribution in [0.2, 0.25) is 0 Å². The van der Waals surface area contributed by atoms with Crippen molar-refractivity contribution in [2.24, 2.45) is 22.9 Å². The van der Waals surface area contributed by atoms with Gasteiger partial charge in [-0.2, -0.15) is 0 Å². The van der Waals surface area contributed by atoms with Gasteiger partial charge in [-0.1, -0.05) is 0 Å². The zero-order valence-corrected chi connectivity index (χ0v) is 16.9. The lowest BCUT2D eigenvalue weighted by molar-refractivity contribution is 0.523.